The number of rotatable bonds is 2. The van der Waals surface area contributed by atoms with E-state index in [-0.39, 0.29) is 11.3 Å². The van der Waals surface area contributed by atoms with Gasteiger partial charge in [-0.15, -0.1) is 0 Å². The molecule has 4 saturated carbocycles. The molecule has 0 saturated heterocycles. The predicted molar refractivity (Wildman–Crippen MR) is 93.3 cm³/mol. The molecule has 0 aliphatic heterocycles. The first-order valence-electron chi connectivity index (χ1n) is 10.2. The molecule has 0 aromatic carbocycles. The van der Waals surface area contributed by atoms with Crippen molar-refractivity contribution in [2.75, 3.05) is 0 Å². The molecule has 0 amide bonds. The highest BCUT2D eigenvalue weighted by molar-refractivity contribution is 5.50. The Morgan fingerprint density at radius 3 is 2.29 bits per heavy atom. The highest BCUT2D eigenvalue weighted by atomic mass is 16.3. The quantitative estimate of drug-likeness (QED) is 0.759. The van der Waals surface area contributed by atoms with Gasteiger partial charge in [0.2, 0.25) is 0 Å². The fraction of sp³-hybridized carbons (Fsp3) is 0.952. The van der Waals surface area contributed by atoms with Crippen LogP contribution in [0.5, 0.6) is 0 Å². The zero-order valence-electron chi connectivity index (χ0n) is 15.3. The molecule has 3 unspecified atom stereocenters. The summed E-state index contributed by atoms with van der Waals surface area (Å²) in [7, 11) is 0. The lowest BCUT2D eigenvalue weighted by molar-refractivity contribution is -0.173. The van der Waals surface area contributed by atoms with Gasteiger partial charge >= 0.3 is 0 Å². The lowest BCUT2D eigenvalue weighted by Crippen LogP contribution is -2.58. The van der Waals surface area contributed by atoms with Crippen LogP contribution in [0.15, 0.2) is 0 Å². The van der Waals surface area contributed by atoms with Crippen LogP contribution < -0.4 is 0 Å². The zero-order valence-corrected chi connectivity index (χ0v) is 15.3. The van der Waals surface area contributed by atoms with Crippen LogP contribution in [0.2, 0.25) is 0 Å². The molecule has 4 aliphatic rings. The van der Waals surface area contributed by atoms with E-state index in [9.17, 15) is 15.0 Å². The van der Waals surface area contributed by atoms with Crippen LogP contribution in [0.4, 0.5) is 0 Å². The van der Waals surface area contributed by atoms with Crippen molar-refractivity contribution < 1.29 is 15.0 Å². The third-order valence-corrected chi connectivity index (χ3v) is 9.30. The van der Waals surface area contributed by atoms with Gasteiger partial charge in [0.25, 0.3) is 0 Å². The molecule has 0 radical (unpaired) electrons. The van der Waals surface area contributed by atoms with Gasteiger partial charge in [0.1, 0.15) is 6.29 Å². The number of aliphatic hydroxyl groups is 2. The minimum Gasteiger partial charge on any atom is -0.390 e. The number of hydrogen-bond acceptors (Lipinski definition) is 3. The van der Waals surface area contributed by atoms with Gasteiger partial charge in [-0.25, -0.2) is 0 Å². The van der Waals surface area contributed by atoms with E-state index in [1.165, 1.54) is 32.1 Å². The van der Waals surface area contributed by atoms with E-state index in [4.69, 9.17) is 0 Å². The summed E-state index contributed by atoms with van der Waals surface area (Å²) in [4.78, 5) is 11.1. The number of carbonyl (C=O) groups excluding carboxylic acids is 1. The second-order valence-electron chi connectivity index (χ2n) is 9.88. The van der Waals surface area contributed by atoms with Crippen molar-refractivity contribution in [2.45, 2.75) is 83.8 Å². The highest BCUT2D eigenvalue weighted by Crippen LogP contribution is 2.67. The van der Waals surface area contributed by atoms with Gasteiger partial charge in [-0.05, 0) is 91.8 Å². The summed E-state index contributed by atoms with van der Waals surface area (Å²) < 4.78 is 0. The van der Waals surface area contributed by atoms with Crippen LogP contribution >= 0.6 is 0 Å². The lowest BCUT2D eigenvalue weighted by Gasteiger charge is -2.61. The van der Waals surface area contributed by atoms with Crippen molar-refractivity contribution in [2.24, 2.45) is 40.4 Å². The van der Waals surface area contributed by atoms with Gasteiger partial charge in [-0.2, -0.15) is 0 Å². The third-order valence-electron chi connectivity index (χ3n) is 9.30. The lowest BCUT2D eigenvalue weighted by atomic mass is 9.44. The summed E-state index contributed by atoms with van der Waals surface area (Å²) in [6.45, 7) is 4.87. The smallest absolute Gasteiger partial charge is 0.120 e. The second-order valence-corrected chi connectivity index (χ2v) is 9.88. The molecule has 2 N–H and O–H groups in total. The van der Waals surface area contributed by atoms with Gasteiger partial charge < -0.3 is 15.0 Å². The van der Waals surface area contributed by atoms with Gasteiger partial charge in [0.15, 0.2) is 0 Å². The number of fused-ring (bicyclic) bond motifs is 5. The maximum atomic E-state index is 11.1. The Balaban J connectivity index is 1.61. The van der Waals surface area contributed by atoms with Gasteiger partial charge in [0, 0.05) is 6.42 Å². The second kappa shape index (κ2) is 5.81. The van der Waals surface area contributed by atoms with E-state index >= 15 is 0 Å². The van der Waals surface area contributed by atoms with Crippen molar-refractivity contribution >= 4 is 6.29 Å². The Kier molecular flexibility index (Phi) is 4.12. The standard InChI is InChI=1S/C21H34O3/c1-20-10-7-16-14(15(20)5-3-13(20)9-12-22)4-6-17-19(24)18(23)8-11-21(16,17)2/h12-19,23-24H,3-11H2,1-2H3/t13-,14+,15+,16+,17?,18?,19?,20-,21-/m1/s1. The minimum atomic E-state index is -0.524. The molecule has 4 aliphatic carbocycles. The van der Waals surface area contributed by atoms with E-state index in [2.05, 4.69) is 13.8 Å². The van der Waals surface area contributed by atoms with E-state index in [0.717, 1.165) is 43.8 Å². The maximum Gasteiger partial charge on any atom is 0.120 e. The topological polar surface area (TPSA) is 57.5 Å². The summed E-state index contributed by atoms with van der Waals surface area (Å²) >= 11 is 0. The number of aliphatic hydroxyl groups excluding tert-OH is 2. The van der Waals surface area contributed by atoms with Crippen molar-refractivity contribution in [3.63, 3.8) is 0 Å². The Morgan fingerprint density at radius 2 is 1.54 bits per heavy atom. The molecule has 0 bridgehead atoms. The molecule has 0 aromatic heterocycles. The molecule has 0 heterocycles. The summed E-state index contributed by atoms with van der Waals surface area (Å²) in [5, 5.41) is 20.7. The maximum absolute atomic E-state index is 11.1. The van der Waals surface area contributed by atoms with E-state index in [1.54, 1.807) is 0 Å². The van der Waals surface area contributed by atoms with Crippen molar-refractivity contribution in [3.8, 4) is 0 Å². The molecule has 136 valence electrons. The third kappa shape index (κ3) is 2.19. The first-order chi connectivity index (χ1) is 11.4. The van der Waals surface area contributed by atoms with Crippen LogP contribution in [-0.2, 0) is 4.79 Å². The first kappa shape index (κ1) is 17.0. The summed E-state index contributed by atoms with van der Waals surface area (Å²) in [5.41, 5.74) is 0.559. The largest absolute Gasteiger partial charge is 0.390 e. The fourth-order valence-electron chi connectivity index (χ4n) is 7.93. The summed E-state index contributed by atoms with van der Waals surface area (Å²) in [6, 6.07) is 0. The van der Waals surface area contributed by atoms with Crippen LogP contribution in [-0.4, -0.2) is 28.7 Å². The Bertz CT molecular complexity index is 505. The molecular weight excluding hydrogens is 300 g/mol. The van der Waals surface area contributed by atoms with Crippen LogP contribution in [0.25, 0.3) is 0 Å². The van der Waals surface area contributed by atoms with Crippen molar-refractivity contribution in [1.82, 2.24) is 0 Å². The molecule has 3 heteroatoms. The Hall–Kier alpha value is -0.410. The minimum absolute atomic E-state index is 0.200. The van der Waals surface area contributed by atoms with Crippen molar-refractivity contribution in [3.05, 3.63) is 0 Å². The number of hydrogen-bond donors (Lipinski definition) is 2. The zero-order chi connectivity index (χ0) is 17.1. The van der Waals surface area contributed by atoms with Crippen LogP contribution in [0.3, 0.4) is 0 Å². The number of carbonyl (C=O) groups is 1. The number of aldehydes is 1. The van der Waals surface area contributed by atoms with Gasteiger partial charge in [-0.1, -0.05) is 13.8 Å². The van der Waals surface area contributed by atoms with E-state index in [1.807, 2.05) is 0 Å². The fourth-order valence-corrected chi connectivity index (χ4v) is 7.93. The van der Waals surface area contributed by atoms with Crippen LogP contribution in [0, 0.1) is 40.4 Å². The normalized spacial score (nSPS) is 56.9. The molecule has 9 atom stereocenters. The summed E-state index contributed by atoms with van der Waals surface area (Å²) in [5.74, 6) is 3.10. The van der Waals surface area contributed by atoms with Crippen molar-refractivity contribution in [1.29, 1.82) is 0 Å². The average Bonchev–Trinajstić information content (AvgIpc) is 2.89. The SMILES string of the molecule is C[C@]12CC[C@H]3[C@@H](CCC4C(O)C(O)CC[C@@]43C)[C@@H]1CC[C@@H]2CC=O. The van der Waals surface area contributed by atoms with Crippen LogP contribution in [0.1, 0.15) is 71.6 Å². The monoisotopic (exact) mass is 334 g/mol. The molecule has 3 nitrogen and oxygen atoms in total. The van der Waals surface area contributed by atoms with Gasteiger partial charge in [-0.3, -0.25) is 0 Å². The van der Waals surface area contributed by atoms with E-state index < -0.39 is 12.2 Å². The highest BCUT2D eigenvalue weighted by Gasteiger charge is 2.61. The molecule has 4 rings (SSSR count). The predicted octanol–water partition coefficient (Wildman–Crippen LogP) is 3.57. The molecule has 0 aromatic rings. The first-order valence-corrected chi connectivity index (χ1v) is 10.2. The molecule has 0 spiro atoms. The molecule has 24 heavy (non-hydrogen) atoms. The molecule has 4 fully saturated rings. The molecular formula is C21H34O3. The Morgan fingerprint density at radius 1 is 0.875 bits per heavy atom. The van der Waals surface area contributed by atoms with E-state index in [0.29, 0.717) is 17.3 Å². The Labute approximate surface area is 146 Å². The summed E-state index contributed by atoms with van der Waals surface area (Å²) in [6.07, 6.45) is 9.97. The van der Waals surface area contributed by atoms with Gasteiger partial charge in [0.05, 0.1) is 12.2 Å². The average molecular weight is 335 g/mol.